The topological polar surface area (TPSA) is 32.3 Å². The molecule has 0 aliphatic carbocycles. The number of benzene rings is 1. The van der Waals surface area contributed by atoms with Crippen LogP contribution in [0, 0.1) is 5.92 Å². The molecule has 1 aliphatic heterocycles. The maximum absolute atomic E-state index is 12.1. The molecule has 0 saturated carbocycles. The minimum atomic E-state index is 0.187. The monoisotopic (exact) mass is 288 g/mol. The molecule has 116 valence electrons. The van der Waals surface area contributed by atoms with E-state index in [0.29, 0.717) is 6.04 Å². The van der Waals surface area contributed by atoms with E-state index in [1.165, 1.54) is 5.56 Å². The van der Waals surface area contributed by atoms with Crippen molar-refractivity contribution in [2.75, 3.05) is 13.1 Å². The molecule has 3 heteroatoms. The summed E-state index contributed by atoms with van der Waals surface area (Å²) in [4.78, 5) is 14.6. The van der Waals surface area contributed by atoms with Gasteiger partial charge < -0.3 is 5.32 Å². The zero-order valence-corrected chi connectivity index (χ0v) is 13.3. The summed E-state index contributed by atoms with van der Waals surface area (Å²) < 4.78 is 0. The number of amides is 1. The average molecular weight is 288 g/mol. The number of hydrogen-bond acceptors (Lipinski definition) is 2. The molecule has 1 aromatic rings. The van der Waals surface area contributed by atoms with Crippen molar-refractivity contribution in [1.82, 2.24) is 10.2 Å². The first-order valence-electron chi connectivity index (χ1n) is 8.29. The number of rotatable bonds is 6. The van der Waals surface area contributed by atoms with E-state index in [1.54, 1.807) is 0 Å². The summed E-state index contributed by atoms with van der Waals surface area (Å²) in [6, 6.07) is 11.0. The molecule has 1 saturated heterocycles. The number of likely N-dealkylation sites (tertiary alicyclic amines) is 1. The summed E-state index contributed by atoms with van der Waals surface area (Å²) in [6.45, 7) is 7.35. The van der Waals surface area contributed by atoms with Gasteiger partial charge in [-0.3, -0.25) is 9.69 Å². The molecule has 1 aromatic carbocycles. The minimum Gasteiger partial charge on any atom is -0.353 e. The standard InChI is InChI=1S/C18H28N2O/c1-3-16(4-2)18(21)19-17-10-12-20(13-11-17)14-15-8-6-5-7-9-15/h5-9,16-17H,3-4,10-14H2,1-2H3,(H,19,21). The second kappa shape index (κ2) is 8.18. The summed E-state index contributed by atoms with van der Waals surface area (Å²) in [5.74, 6) is 0.439. The Kier molecular flexibility index (Phi) is 6.24. The van der Waals surface area contributed by atoms with E-state index in [-0.39, 0.29) is 11.8 Å². The van der Waals surface area contributed by atoms with Crippen molar-refractivity contribution in [3.05, 3.63) is 35.9 Å². The molecule has 0 spiro atoms. The highest BCUT2D eigenvalue weighted by molar-refractivity contribution is 5.78. The Labute approximate surface area is 128 Å². The molecule has 2 rings (SSSR count). The number of carbonyl (C=O) groups excluding carboxylic acids is 1. The van der Waals surface area contributed by atoms with Crippen LogP contribution in [0.1, 0.15) is 45.1 Å². The SMILES string of the molecule is CCC(CC)C(=O)NC1CCN(Cc2ccccc2)CC1. The summed E-state index contributed by atoms with van der Waals surface area (Å²) in [6.07, 6.45) is 4.02. The van der Waals surface area contributed by atoms with Crippen LogP contribution in [-0.2, 0) is 11.3 Å². The fourth-order valence-corrected chi connectivity index (χ4v) is 3.06. The quantitative estimate of drug-likeness (QED) is 0.872. The first-order chi connectivity index (χ1) is 10.2. The fourth-order valence-electron chi connectivity index (χ4n) is 3.06. The third-order valence-corrected chi connectivity index (χ3v) is 4.54. The Morgan fingerprint density at radius 3 is 2.38 bits per heavy atom. The lowest BCUT2D eigenvalue weighted by Gasteiger charge is -2.33. The Morgan fingerprint density at radius 2 is 1.81 bits per heavy atom. The van der Waals surface area contributed by atoms with Gasteiger partial charge in [0.05, 0.1) is 0 Å². The number of nitrogens with one attached hydrogen (secondary N) is 1. The molecular weight excluding hydrogens is 260 g/mol. The van der Waals surface area contributed by atoms with E-state index in [4.69, 9.17) is 0 Å². The van der Waals surface area contributed by atoms with Gasteiger partial charge in [0, 0.05) is 31.6 Å². The van der Waals surface area contributed by atoms with Crippen molar-refractivity contribution in [1.29, 1.82) is 0 Å². The van der Waals surface area contributed by atoms with Gasteiger partial charge in [-0.2, -0.15) is 0 Å². The van der Waals surface area contributed by atoms with Crippen molar-refractivity contribution in [3.63, 3.8) is 0 Å². The molecule has 0 radical (unpaired) electrons. The molecule has 21 heavy (non-hydrogen) atoms. The van der Waals surface area contributed by atoms with Gasteiger partial charge in [0.15, 0.2) is 0 Å². The largest absolute Gasteiger partial charge is 0.353 e. The van der Waals surface area contributed by atoms with Gasteiger partial charge in [-0.1, -0.05) is 44.2 Å². The van der Waals surface area contributed by atoms with Gasteiger partial charge in [0.2, 0.25) is 5.91 Å². The molecule has 3 nitrogen and oxygen atoms in total. The van der Waals surface area contributed by atoms with Crippen LogP contribution in [0.15, 0.2) is 30.3 Å². The van der Waals surface area contributed by atoms with Gasteiger partial charge in [-0.15, -0.1) is 0 Å². The summed E-state index contributed by atoms with van der Waals surface area (Å²) in [5.41, 5.74) is 1.37. The predicted molar refractivity (Wildman–Crippen MR) is 87.0 cm³/mol. The van der Waals surface area contributed by atoms with E-state index in [9.17, 15) is 4.79 Å². The summed E-state index contributed by atoms with van der Waals surface area (Å²) in [7, 11) is 0. The van der Waals surface area contributed by atoms with Gasteiger partial charge in [0.1, 0.15) is 0 Å². The highest BCUT2D eigenvalue weighted by Crippen LogP contribution is 2.15. The van der Waals surface area contributed by atoms with Gasteiger partial charge >= 0.3 is 0 Å². The van der Waals surface area contributed by atoms with Crippen LogP contribution >= 0.6 is 0 Å². The van der Waals surface area contributed by atoms with Crippen molar-refractivity contribution < 1.29 is 4.79 Å². The highest BCUT2D eigenvalue weighted by Gasteiger charge is 2.23. The van der Waals surface area contributed by atoms with Crippen molar-refractivity contribution in [2.45, 2.75) is 52.1 Å². The van der Waals surface area contributed by atoms with Crippen LogP contribution < -0.4 is 5.32 Å². The first-order valence-corrected chi connectivity index (χ1v) is 8.29. The number of piperidine rings is 1. The number of carbonyl (C=O) groups is 1. The van der Waals surface area contributed by atoms with Crippen LogP contribution in [0.25, 0.3) is 0 Å². The molecule has 0 bridgehead atoms. The lowest BCUT2D eigenvalue weighted by Crippen LogP contribution is -2.46. The van der Waals surface area contributed by atoms with Crippen molar-refractivity contribution in [2.24, 2.45) is 5.92 Å². The van der Waals surface area contributed by atoms with Gasteiger partial charge in [0.25, 0.3) is 0 Å². The van der Waals surface area contributed by atoms with Gasteiger partial charge in [-0.25, -0.2) is 0 Å². The van der Waals surface area contributed by atoms with Crippen LogP contribution in [-0.4, -0.2) is 29.9 Å². The molecular formula is C18H28N2O. The number of hydrogen-bond donors (Lipinski definition) is 1. The number of nitrogens with zero attached hydrogens (tertiary/aromatic N) is 1. The molecule has 1 heterocycles. The van der Waals surface area contributed by atoms with Gasteiger partial charge in [-0.05, 0) is 31.2 Å². The maximum Gasteiger partial charge on any atom is 0.223 e. The molecule has 0 atom stereocenters. The zero-order valence-electron chi connectivity index (χ0n) is 13.3. The van der Waals surface area contributed by atoms with Crippen LogP contribution in [0.4, 0.5) is 0 Å². The Morgan fingerprint density at radius 1 is 1.19 bits per heavy atom. The first kappa shape index (κ1) is 16.0. The van der Waals surface area contributed by atoms with Crippen molar-refractivity contribution >= 4 is 5.91 Å². The summed E-state index contributed by atoms with van der Waals surface area (Å²) in [5, 5.41) is 3.24. The lowest BCUT2D eigenvalue weighted by molar-refractivity contribution is -0.126. The van der Waals surface area contributed by atoms with E-state index < -0.39 is 0 Å². The third kappa shape index (κ3) is 4.85. The molecule has 1 amide bonds. The smallest absolute Gasteiger partial charge is 0.223 e. The van der Waals surface area contributed by atoms with E-state index in [0.717, 1.165) is 45.3 Å². The Bertz CT molecular complexity index is 420. The molecule has 0 aromatic heterocycles. The lowest BCUT2D eigenvalue weighted by atomic mass is 9.99. The zero-order chi connectivity index (χ0) is 15.1. The van der Waals surface area contributed by atoms with Crippen molar-refractivity contribution in [3.8, 4) is 0 Å². The average Bonchev–Trinajstić information content (AvgIpc) is 2.51. The fraction of sp³-hybridized carbons (Fsp3) is 0.611. The molecule has 0 unspecified atom stereocenters. The Hall–Kier alpha value is -1.35. The van der Waals surface area contributed by atoms with Crippen LogP contribution in [0.2, 0.25) is 0 Å². The van der Waals surface area contributed by atoms with Crippen LogP contribution in [0.5, 0.6) is 0 Å². The van der Waals surface area contributed by atoms with Crippen LogP contribution in [0.3, 0.4) is 0 Å². The third-order valence-electron chi connectivity index (χ3n) is 4.54. The normalized spacial score (nSPS) is 17.1. The van der Waals surface area contributed by atoms with E-state index in [2.05, 4.69) is 54.4 Å². The second-order valence-corrected chi connectivity index (χ2v) is 6.06. The summed E-state index contributed by atoms with van der Waals surface area (Å²) >= 11 is 0. The van der Waals surface area contributed by atoms with E-state index in [1.807, 2.05) is 0 Å². The molecule has 1 N–H and O–H groups in total. The predicted octanol–water partition coefficient (Wildman–Crippen LogP) is 3.20. The Balaban J connectivity index is 1.74. The molecule has 1 aliphatic rings. The minimum absolute atomic E-state index is 0.187. The maximum atomic E-state index is 12.1. The highest BCUT2D eigenvalue weighted by atomic mass is 16.1. The van der Waals surface area contributed by atoms with E-state index >= 15 is 0 Å². The second-order valence-electron chi connectivity index (χ2n) is 6.06. The molecule has 1 fully saturated rings.